The molecule has 0 unspecified atom stereocenters. The molecule has 7 heteroatoms. The van der Waals surface area contributed by atoms with Gasteiger partial charge in [0.2, 0.25) is 5.91 Å². The lowest BCUT2D eigenvalue weighted by molar-refractivity contribution is -0.128. The average molecular weight is 437 g/mol. The topological polar surface area (TPSA) is 87.5 Å². The zero-order valence-electron chi connectivity index (χ0n) is 18.4. The third-order valence-corrected chi connectivity index (χ3v) is 7.70. The molecule has 5 rings (SSSR count). The van der Waals surface area contributed by atoms with E-state index in [9.17, 15) is 14.7 Å². The van der Waals surface area contributed by atoms with Crippen LogP contribution >= 0.6 is 0 Å². The highest BCUT2D eigenvalue weighted by molar-refractivity contribution is 5.82. The highest BCUT2D eigenvalue weighted by atomic mass is 16.3. The van der Waals surface area contributed by atoms with Gasteiger partial charge in [-0.05, 0) is 37.0 Å². The number of hydrogen-bond acceptors (Lipinski definition) is 5. The van der Waals surface area contributed by atoms with Gasteiger partial charge in [-0.25, -0.2) is 0 Å². The molecule has 0 aromatic carbocycles. The lowest BCUT2D eigenvalue weighted by atomic mass is 9.87. The minimum Gasteiger partial charge on any atom is -0.396 e. The molecular formula is C25H32N4O3. The van der Waals surface area contributed by atoms with E-state index in [0.29, 0.717) is 25.6 Å². The summed E-state index contributed by atoms with van der Waals surface area (Å²) in [7, 11) is 0. The third kappa shape index (κ3) is 3.88. The van der Waals surface area contributed by atoms with Gasteiger partial charge in [-0.2, -0.15) is 0 Å². The predicted molar refractivity (Wildman–Crippen MR) is 121 cm³/mol. The Kier molecular flexibility index (Phi) is 6.11. The van der Waals surface area contributed by atoms with Crippen LogP contribution in [0.4, 0.5) is 0 Å². The Balaban J connectivity index is 1.45. The van der Waals surface area contributed by atoms with E-state index in [4.69, 9.17) is 0 Å². The van der Waals surface area contributed by atoms with Gasteiger partial charge in [0.05, 0.1) is 17.8 Å². The summed E-state index contributed by atoms with van der Waals surface area (Å²) in [4.78, 5) is 32.7. The van der Waals surface area contributed by atoms with E-state index in [2.05, 4.69) is 15.2 Å². The Labute approximate surface area is 188 Å². The summed E-state index contributed by atoms with van der Waals surface area (Å²) in [5, 5.41) is 13.6. The van der Waals surface area contributed by atoms with Crippen LogP contribution in [0.15, 0.2) is 47.4 Å². The van der Waals surface area contributed by atoms with Crippen molar-refractivity contribution >= 4 is 5.91 Å². The summed E-state index contributed by atoms with van der Waals surface area (Å²) in [6.45, 7) is 1.67. The summed E-state index contributed by atoms with van der Waals surface area (Å²) in [6, 6.07) is 10.6. The zero-order chi connectivity index (χ0) is 22.1. The number of carbonyl (C=O) groups excluding carboxylic acids is 1. The summed E-state index contributed by atoms with van der Waals surface area (Å²) in [5.74, 6) is 0.327. The van der Waals surface area contributed by atoms with Crippen molar-refractivity contribution in [2.45, 2.75) is 57.3 Å². The minimum absolute atomic E-state index is 0.00946. The van der Waals surface area contributed by atoms with E-state index in [1.54, 1.807) is 22.9 Å². The van der Waals surface area contributed by atoms with Gasteiger partial charge in [-0.15, -0.1) is 0 Å². The first-order chi connectivity index (χ1) is 15.7. The SMILES string of the molecule is O=C(NCC1CCCCC1)[C@@H]1[C@@H](CO)[C@@H]2Cn3c(cccc3=O)[C@@H]2N1Cc1ccccn1. The molecule has 0 spiro atoms. The lowest BCUT2D eigenvalue weighted by Crippen LogP contribution is -2.49. The van der Waals surface area contributed by atoms with E-state index in [0.717, 1.165) is 11.4 Å². The Bertz CT molecular complexity index is 1000. The van der Waals surface area contributed by atoms with Crippen molar-refractivity contribution in [1.29, 1.82) is 0 Å². The maximum Gasteiger partial charge on any atom is 0.250 e. The number of aliphatic hydroxyl groups excluding tert-OH is 1. The molecule has 32 heavy (non-hydrogen) atoms. The molecular weight excluding hydrogens is 404 g/mol. The second kappa shape index (κ2) is 9.16. The highest BCUT2D eigenvalue weighted by Crippen LogP contribution is 2.49. The molecule has 1 saturated heterocycles. The normalized spacial score (nSPS) is 27.8. The number of pyridine rings is 2. The Hall–Kier alpha value is -2.51. The van der Waals surface area contributed by atoms with E-state index in [1.165, 1.54) is 32.1 Å². The van der Waals surface area contributed by atoms with Gasteiger partial charge in [0, 0.05) is 56.0 Å². The van der Waals surface area contributed by atoms with Gasteiger partial charge < -0.3 is 15.0 Å². The van der Waals surface area contributed by atoms with Crippen LogP contribution in [0, 0.1) is 17.8 Å². The van der Waals surface area contributed by atoms with Gasteiger partial charge in [-0.1, -0.05) is 31.4 Å². The van der Waals surface area contributed by atoms with E-state index < -0.39 is 6.04 Å². The number of amides is 1. The van der Waals surface area contributed by atoms with Crippen LogP contribution in [-0.2, 0) is 17.9 Å². The molecule has 170 valence electrons. The second-order valence-corrected chi connectivity index (χ2v) is 9.54. The maximum absolute atomic E-state index is 13.5. The van der Waals surface area contributed by atoms with E-state index in [-0.39, 0.29) is 36.0 Å². The fraction of sp³-hybridized carbons (Fsp3) is 0.560. The molecule has 2 aliphatic heterocycles. The van der Waals surface area contributed by atoms with Gasteiger partial charge in [0.1, 0.15) is 0 Å². The van der Waals surface area contributed by atoms with Crippen LogP contribution in [0.3, 0.4) is 0 Å². The van der Waals surface area contributed by atoms with Crippen LogP contribution < -0.4 is 10.9 Å². The quantitative estimate of drug-likeness (QED) is 0.724. The lowest BCUT2D eigenvalue weighted by Gasteiger charge is -2.31. The minimum atomic E-state index is -0.440. The fourth-order valence-corrected chi connectivity index (χ4v) is 6.15. The largest absolute Gasteiger partial charge is 0.396 e. The molecule has 4 heterocycles. The van der Waals surface area contributed by atoms with Gasteiger partial charge in [0.15, 0.2) is 0 Å². The molecule has 2 aromatic heterocycles. The number of aliphatic hydroxyl groups is 1. The van der Waals surface area contributed by atoms with Gasteiger partial charge >= 0.3 is 0 Å². The van der Waals surface area contributed by atoms with Crippen molar-refractivity contribution in [3.05, 3.63) is 64.3 Å². The van der Waals surface area contributed by atoms with Crippen molar-refractivity contribution in [2.24, 2.45) is 17.8 Å². The Morgan fingerprint density at radius 3 is 2.72 bits per heavy atom. The number of hydrogen-bond donors (Lipinski definition) is 2. The molecule has 7 nitrogen and oxygen atoms in total. The summed E-state index contributed by atoms with van der Waals surface area (Å²) in [6.07, 6.45) is 7.88. The maximum atomic E-state index is 13.5. The molecule has 1 aliphatic carbocycles. The van der Waals surface area contributed by atoms with Crippen LogP contribution in [-0.4, -0.2) is 44.7 Å². The molecule has 1 amide bonds. The number of nitrogens with one attached hydrogen (secondary N) is 1. The van der Waals surface area contributed by atoms with Gasteiger partial charge in [-0.3, -0.25) is 19.5 Å². The summed E-state index contributed by atoms with van der Waals surface area (Å²) >= 11 is 0. The van der Waals surface area contributed by atoms with Crippen LogP contribution in [0.25, 0.3) is 0 Å². The Morgan fingerprint density at radius 2 is 1.97 bits per heavy atom. The molecule has 2 N–H and O–H groups in total. The molecule has 0 radical (unpaired) electrons. The molecule has 2 aromatic rings. The number of aromatic nitrogens is 2. The number of rotatable bonds is 6. The monoisotopic (exact) mass is 436 g/mol. The van der Waals surface area contributed by atoms with Gasteiger partial charge in [0.25, 0.3) is 5.56 Å². The third-order valence-electron chi connectivity index (χ3n) is 7.70. The first kappa shape index (κ1) is 21.3. The first-order valence-electron chi connectivity index (χ1n) is 11.9. The highest BCUT2D eigenvalue weighted by Gasteiger charge is 2.55. The van der Waals surface area contributed by atoms with E-state index >= 15 is 0 Å². The van der Waals surface area contributed by atoms with E-state index in [1.807, 2.05) is 24.3 Å². The Morgan fingerprint density at radius 1 is 1.12 bits per heavy atom. The first-order valence-corrected chi connectivity index (χ1v) is 11.9. The van der Waals surface area contributed by atoms with Crippen molar-refractivity contribution in [1.82, 2.24) is 19.8 Å². The van der Waals surface area contributed by atoms with Crippen LogP contribution in [0.2, 0.25) is 0 Å². The van der Waals surface area contributed by atoms with Crippen molar-refractivity contribution < 1.29 is 9.90 Å². The summed E-state index contributed by atoms with van der Waals surface area (Å²) in [5.41, 5.74) is 1.79. The van der Waals surface area contributed by atoms with Crippen molar-refractivity contribution in [3.63, 3.8) is 0 Å². The molecule has 0 bridgehead atoms. The number of carbonyl (C=O) groups is 1. The predicted octanol–water partition coefficient (Wildman–Crippen LogP) is 2.10. The average Bonchev–Trinajstić information content (AvgIpc) is 3.35. The number of likely N-dealkylation sites (tertiary alicyclic amines) is 1. The smallest absolute Gasteiger partial charge is 0.250 e. The van der Waals surface area contributed by atoms with Crippen molar-refractivity contribution in [2.75, 3.05) is 13.2 Å². The molecule has 2 fully saturated rings. The molecule has 1 saturated carbocycles. The fourth-order valence-electron chi connectivity index (χ4n) is 6.15. The zero-order valence-corrected chi connectivity index (χ0v) is 18.4. The van der Waals surface area contributed by atoms with Crippen molar-refractivity contribution in [3.8, 4) is 0 Å². The molecule has 4 atom stereocenters. The number of fused-ring (bicyclic) bond motifs is 3. The second-order valence-electron chi connectivity index (χ2n) is 9.54. The summed E-state index contributed by atoms with van der Waals surface area (Å²) < 4.78 is 1.81. The standard InChI is InChI=1S/C25H32N4O3/c30-16-20-19-15-28-21(10-6-11-22(28)31)23(19)29(14-18-9-4-5-12-26-18)24(20)25(32)27-13-17-7-2-1-3-8-17/h4-6,9-12,17,19-20,23-24,30H,1-3,7-8,13-16H2,(H,27,32)/t19-,20-,23+,24-/m0/s1. The number of nitrogens with zero attached hydrogens (tertiary/aromatic N) is 3. The molecule has 3 aliphatic rings. The van der Waals surface area contributed by atoms with Crippen LogP contribution in [0.1, 0.15) is 49.5 Å². The van der Waals surface area contributed by atoms with Crippen LogP contribution in [0.5, 0.6) is 0 Å².